The van der Waals surface area contributed by atoms with Crippen molar-refractivity contribution in [3.8, 4) is 6.07 Å². The van der Waals surface area contributed by atoms with Gasteiger partial charge in [0.2, 0.25) is 0 Å². The van der Waals surface area contributed by atoms with E-state index in [0.717, 1.165) is 15.9 Å². The van der Waals surface area contributed by atoms with Crippen LogP contribution in [0.1, 0.15) is 5.56 Å². The SMILES string of the molecule is N#Cc1ccc(Sc2cc3ccccc3[nH]2)cc1[N+](=O)[O-]. The van der Waals surface area contributed by atoms with E-state index in [1.165, 1.54) is 23.9 Å². The van der Waals surface area contributed by atoms with Gasteiger partial charge in [-0.1, -0.05) is 30.0 Å². The number of nitro benzene ring substituents is 1. The highest BCUT2D eigenvalue weighted by molar-refractivity contribution is 7.99. The summed E-state index contributed by atoms with van der Waals surface area (Å²) in [5.41, 5.74) is 0.919. The predicted octanol–water partition coefficient (Wildman–Crippen LogP) is 4.10. The highest BCUT2D eigenvalue weighted by Gasteiger charge is 2.15. The van der Waals surface area contributed by atoms with Crippen LogP contribution in [0.5, 0.6) is 0 Å². The van der Waals surface area contributed by atoms with Crippen LogP contribution in [-0.4, -0.2) is 9.91 Å². The number of H-pyrrole nitrogens is 1. The average molecular weight is 295 g/mol. The summed E-state index contributed by atoms with van der Waals surface area (Å²) in [6.07, 6.45) is 0. The third-order valence-corrected chi connectivity index (χ3v) is 3.95. The van der Waals surface area contributed by atoms with Crippen LogP contribution in [0.25, 0.3) is 10.9 Å². The second-order valence-electron chi connectivity index (χ2n) is 4.37. The molecule has 3 rings (SSSR count). The minimum absolute atomic E-state index is 0.0704. The van der Waals surface area contributed by atoms with E-state index >= 15 is 0 Å². The van der Waals surface area contributed by atoms with Gasteiger partial charge in [-0.15, -0.1) is 0 Å². The number of aromatic nitrogens is 1. The van der Waals surface area contributed by atoms with Crippen molar-refractivity contribution in [3.05, 3.63) is 64.2 Å². The van der Waals surface area contributed by atoms with E-state index < -0.39 is 4.92 Å². The summed E-state index contributed by atoms with van der Waals surface area (Å²) in [6, 6.07) is 16.3. The molecule has 2 aromatic carbocycles. The Kier molecular flexibility index (Phi) is 3.34. The van der Waals surface area contributed by atoms with Crippen LogP contribution in [0.15, 0.2) is 58.5 Å². The molecular formula is C15H9N3O2S. The first-order valence-electron chi connectivity index (χ1n) is 6.11. The number of nitrogens with zero attached hydrogens (tertiary/aromatic N) is 2. The van der Waals surface area contributed by atoms with Gasteiger partial charge in [-0.2, -0.15) is 5.26 Å². The lowest BCUT2D eigenvalue weighted by atomic mass is 10.2. The maximum atomic E-state index is 11.0. The molecule has 21 heavy (non-hydrogen) atoms. The molecule has 0 fully saturated rings. The quantitative estimate of drug-likeness (QED) is 0.582. The molecule has 0 bridgehead atoms. The first kappa shape index (κ1) is 13.2. The fourth-order valence-electron chi connectivity index (χ4n) is 2.05. The molecule has 0 atom stereocenters. The van der Waals surface area contributed by atoms with Crippen molar-refractivity contribution < 1.29 is 4.92 Å². The minimum atomic E-state index is -0.534. The number of fused-ring (bicyclic) bond motifs is 1. The topological polar surface area (TPSA) is 82.7 Å². The summed E-state index contributed by atoms with van der Waals surface area (Å²) in [6.45, 7) is 0. The number of hydrogen-bond donors (Lipinski definition) is 1. The molecule has 0 aliphatic heterocycles. The van der Waals surface area contributed by atoms with Gasteiger partial charge in [0.15, 0.2) is 0 Å². The van der Waals surface area contributed by atoms with Gasteiger partial charge >= 0.3 is 0 Å². The summed E-state index contributed by atoms with van der Waals surface area (Å²) in [5, 5.41) is 21.8. The van der Waals surface area contributed by atoms with Gasteiger partial charge in [0, 0.05) is 21.9 Å². The number of benzene rings is 2. The number of hydrogen-bond acceptors (Lipinski definition) is 4. The number of rotatable bonds is 3. The van der Waals surface area contributed by atoms with Crippen LogP contribution in [0.4, 0.5) is 5.69 Å². The van der Waals surface area contributed by atoms with Crippen molar-refractivity contribution in [1.82, 2.24) is 4.98 Å². The van der Waals surface area contributed by atoms with Crippen LogP contribution in [0.3, 0.4) is 0 Å². The number of nitro groups is 1. The second kappa shape index (κ2) is 5.31. The first-order valence-corrected chi connectivity index (χ1v) is 6.93. The van der Waals surface area contributed by atoms with E-state index in [0.29, 0.717) is 4.90 Å². The Balaban J connectivity index is 1.96. The molecule has 0 unspecified atom stereocenters. The van der Waals surface area contributed by atoms with E-state index in [9.17, 15) is 10.1 Å². The van der Waals surface area contributed by atoms with Crippen molar-refractivity contribution >= 4 is 28.4 Å². The molecule has 1 heterocycles. The lowest BCUT2D eigenvalue weighted by Gasteiger charge is -2.00. The molecule has 0 amide bonds. The zero-order valence-electron chi connectivity index (χ0n) is 10.7. The molecule has 0 radical (unpaired) electrons. The number of nitrogens with one attached hydrogen (secondary N) is 1. The van der Waals surface area contributed by atoms with Gasteiger partial charge in [0.25, 0.3) is 5.69 Å². The Morgan fingerprint density at radius 1 is 1.19 bits per heavy atom. The molecule has 102 valence electrons. The molecule has 0 aliphatic rings. The van der Waals surface area contributed by atoms with Crippen molar-refractivity contribution in [2.24, 2.45) is 0 Å². The molecule has 1 N–H and O–H groups in total. The van der Waals surface area contributed by atoms with Gasteiger partial charge < -0.3 is 4.98 Å². The van der Waals surface area contributed by atoms with Crippen molar-refractivity contribution in [3.63, 3.8) is 0 Å². The van der Waals surface area contributed by atoms with Crippen LogP contribution >= 0.6 is 11.8 Å². The first-order chi connectivity index (χ1) is 10.2. The van der Waals surface area contributed by atoms with Crippen LogP contribution in [0, 0.1) is 21.4 Å². The van der Waals surface area contributed by atoms with E-state index in [2.05, 4.69) is 4.98 Å². The Labute approximate surface area is 124 Å². The summed E-state index contributed by atoms with van der Waals surface area (Å²) < 4.78 is 0. The van der Waals surface area contributed by atoms with Gasteiger partial charge in [0.1, 0.15) is 11.6 Å². The van der Waals surface area contributed by atoms with Crippen LogP contribution in [0.2, 0.25) is 0 Å². The minimum Gasteiger partial charge on any atom is -0.349 e. The van der Waals surface area contributed by atoms with Gasteiger partial charge in [-0.25, -0.2) is 0 Å². The normalized spacial score (nSPS) is 10.4. The number of nitriles is 1. The average Bonchev–Trinajstić information content (AvgIpc) is 2.89. The molecule has 0 aliphatic carbocycles. The molecule has 5 nitrogen and oxygen atoms in total. The monoisotopic (exact) mass is 295 g/mol. The Hall–Kier alpha value is -2.78. The van der Waals surface area contributed by atoms with Gasteiger partial charge in [0.05, 0.1) is 9.95 Å². The predicted molar refractivity (Wildman–Crippen MR) is 80.2 cm³/mol. The Morgan fingerprint density at radius 3 is 2.71 bits per heavy atom. The van der Waals surface area contributed by atoms with Crippen molar-refractivity contribution in [1.29, 1.82) is 5.26 Å². The molecule has 1 aromatic heterocycles. The van der Waals surface area contributed by atoms with Crippen LogP contribution < -0.4 is 0 Å². The second-order valence-corrected chi connectivity index (χ2v) is 5.49. The molecule has 6 heteroatoms. The highest BCUT2D eigenvalue weighted by Crippen LogP contribution is 2.32. The molecule has 3 aromatic rings. The van der Waals surface area contributed by atoms with Crippen molar-refractivity contribution in [2.75, 3.05) is 0 Å². The third-order valence-electron chi connectivity index (χ3n) is 3.02. The maximum absolute atomic E-state index is 11.0. The van der Waals surface area contributed by atoms with Gasteiger partial charge in [-0.3, -0.25) is 10.1 Å². The third kappa shape index (κ3) is 2.59. The highest BCUT2D eigenvalue weighted by atomic mass is 32.2. The Bertz CT molecular complexity index is 847. The van der Waals surface area contributed by atoms with E-state index in [1.54, 1.807) is 6.07 Å². The summed E-state index contributed by atoms with van der Waals surface area (Å²) in [5.74, 6) is 0. The Morgan fingerprint density at radius 2 is 2.00 bits per heavy atom. The standard InChI is InChI=1S/C15H9N3O2S/c16-9-11-5-6-12(8-14(11)18(19)20)21-15-7-10-3-1-2-4-13(10)17-15/h1-8,17H. The summed E-state index contributed by atoms with van der Waals surface area (Å²) in [4.78, 5) is 14.4. The number of aromatic amines is 1. The lowest BCUT2D eigenvalue weighted by molar-refractivity contribution is -0.385. The fourth-order valence-corrected chi connectivity index (χ4v) is 2.96. The van der Waals surface area contributed by atoms with Gasteiger partial charge in [-0.05, 0) is 24.3 Å². The molecule has 0 spiro atoms. The van der Waals surface area contributed by atoms with E-state index in [4.69, 9.17) is 5.26 Å². The maximum Gasteiger partial charge on any atom is 0.288 e. The van der Waals surface area contributed by atoms with E-state index in [1.807, 2.05) is 36.4 Å². The van der Waals surface area contributed by atoms with E-state index in [-0.39, 0.29) is 11.3 Å². The summed E-state index contributed by atoms with van der Waals surface area (Å²) >= 11 is 1.39. The fraction of sp³-hybridized carbons (Fsp3) is 0. The molecule has 0 saturated heterocycles. The zero-order chi connectivity index (χ0) is 14.8. The molecule has 0 saturated carbocycles. The summed E-state index contributed by atoms with van der Waals surface area (Å²) in [7, 11) is 0. The number of para-hydroxylation sites is 1. The zero-order valence-corrected chi connectivity index (χ0v) is 11.6. The molecular weight excluding hydrogens is 286 g/mol. The lowest BCUT2D eigenvalue weighted by Crippen LogP contribution is -1.92. The smallest absolute Gasteiger partial charge is 0.288 e. The largest absolute Gasteiger partial charge is 0.349 e. The van der Waals surface area contributed by atoms with Crippen LogP contribution in [-0.2, 0) is 0 Å². The van der Waals surface area contributed by atoms with Crippen molar-refractivity contribution in [2.45, 2.75) is 9.92 Å².